The normalized spacial score (nSPS) is 10.5. The Morgan fingerprint density at radius 2 is 1.80 bits per heavy atom. The van der Waals surface area contributed by atoms with Crippen LogP contribution >= 0.6 is 12.4 Å². The van der Waals surface area contributed by atoms with Crippen molar-refractivity contribution in [3.05, 3.63) is 29.8 Å². The van der Waals surface area contributed by atoms with Crippen molar-refractivity contribution in [3.8, 4) is 0 Å². The number of aliphatic carboxylic acids is 1. The number of carboxylic acids is 1. The number of halogens is 1. The summed E-state index contributed by atoms with van der Waals surface area (Å²) in [5.41, 5.74) is 6.90. The second-order valence-electron chi connectivity index (χ2n) is 4.08. The minimum Gasteiger partial charge on any atom is -0.481 e. The largest absolute Gasteiger partial charge is 0.481 e. The Morgan fingerprint density at radius 3 is 2.20 bits per heavy atom. The quantitative estimate of drug-likeness (QED) is 0.783. The van der Waals surface area contributed by atoms with Crippen LogP contribution in [0, 0.1) is 0 Å². The molecule has 0 amide bonds. The number of anilines is 1. The highest BCUT2D eigenvalue weighted by Crippen LogP contribution is 2.27. The number of hydrogen-bond donors (Lipinski definition) is 2. The van der Waals surface area contributed by atoms with Crippen molar-refractivity contribution in [2.45, 2.75) is 25.7 Å². The topological polar surface area (TPSA) is 63.3 Å². The van der Waals surface area contributed by atoms with E-state index in [2.05, 4.69) is 0 Å². The second-order valence-corrected chi connectivity index (χ2v) is 4.08. The van der Waals surface area contributed by atoms with E-state index in [1.54, 1.807) is 12.1 Å². The lowest BCUT2D eigenvalue weighted by Gasteiger charge is -2.22. The van der Waals surface area contributed by atoms with Crippen LogP contribution in [0.5, 0.6) is 0 Å². The van der Waals surface area contributed by atoms with Crippen LogP contribution in [0.2, 0.25) is 0 Å². The minimum atomic E-state index is -0.785. The molecule has 0 unspecified atom stereocenters. The van der Waals surface area contributed by atoms with Gasteiger partial charge in [-0.3, -0.25) is 4.79 Å². The Kier molecular flexibility index (Phi) is 4.62. The van der Waals surface area contributed by atoms with Crippen molar-refractivity contribution in [2.24, 2.45) is 0 Å². The van der Waals surface area contributed by atoms with E-state index in [9.17, 15) is 4.79 Å². The van der Waals surface area contributed by atoms with Gasteiger partial charge in [-0.15, -0.1) is 12.4 Å². The van der Waals surface area contributed by atoms with E-state index < -0.39 is 5.97 Å². The van der Waals surface area contributed by atoms with Crippen molar-refractivity contribution in [2.75, 3.05) is 5.73 Å². The van der Waals surface area contributed by atoms with Gasteiger partial charge in [0, 0.05) is 11.1 Å². The first-order chi connectivity index (χ1) is 6.42. The van der Waals surface area contributed by atoms with E-state index in [1.165, 1.54) is 0 Å². The molecule has 4 heteroatoms. The summed E-state index contributed by atoms with van der Waals surface area (Å²) in [7, 11) is 0. The molecule has 0 aliphatic rings. The fourth-order valence-corrected chi connectivity index (χ4v) is 1.41. The minimum absolute atomic E-state index is 0. The third-order valence-electron chi connectivity index (χ3n) is 2.29. The zero-order valence-electron chi connectivity index (χ0n) is 8.86. The zero-order chi connectivity index (χ0) is 10.8. The summed E-state index contributed by atoms with van der Waals surface area (Å²) in [5, 5.41) is 8.74. The van der Waals surface area contributed by atoms with E-state index in [1.807, 2.05) is 26.0 Å². The van der Waals surface area contributed by atoms with Gasteiger partial charge in [-0.25, -0.2) is 0 Å². The van der Waals surface area contributed by atoms with E-state index >= 15 is 0 Å². The van der Waals surface area contributed by atoms with Crippen molar-refractivity contribution in [1.82, 2.24) is 0 Å². The molecular formula is C11H16ClNO2. The molecule has 0 bridgehead atoms. The summed E-state index contributed by atoms with van der Waals surface area (Å²) in [6, 6.07) is 7.33. The molecule has 0 aromatic heterocycles. The van der Waals surface area contributed by atoms with Crippen molar-refractivity contribution in [1.29, 1.82) is 0 Å². The Morgan fingerprint density at radius 1 is 1.33 bits per heavy atom. The molecule has 1 aromatic carbocycles. The molecule has 0 saturated heterocycles. The average Bonchev–Trinajstić information content (AvgIpc) is 2.02. The second kappa shape index (κ2) is 5.03. The van der Waals surface area contributed by atoms with Crippen LogP contribution in [-0.2, 0) is 10.2 Å². The summed E-state index contributed by atoms with van der Waals surface area (Å²) in [6.07, 6.45) is 0.122. The molecule has 84 valence electrons. The molecule has 0 radical (unpaired) electrons. The fourth-order valence-electron chi connectivity index (χ4n) is 1.41. The van der Waals surface area contributed by atoms with E-state index in [0.717, 1.165) is 5.56 Å². The first kappa shape index (κ1) is 13.8. The first-order valence-corrected chi connectivity index (χ1v) is 4.49. The molecule has 0 aliphatic carbocycles. The summed E-state index contributed by atoms with van der Waals surface area (Å²) < 4.78 is 0. The van der Waals surface area contributed by atoms with Crippen LogP contribution in [0.4, 0.5) is 5.69 Å². The molecule has 0 aliphatic heterocycles. The lowest BCUT2D eigenvalue weighted by Crippen LogP contribution is -2.21. The van der Waals surface area contributed by atoms with E-state index in [-0.39, 0.29) is 24.2 Å². The molecule has 0 saturated carbocycles. The number of rotatable bonds is 3. The van der Waals surface area contributed by atoms with Gasteiger partial charge in [-0.2, -0.15) is 0 Å². The van der Waals surface area contributed by atoms with Crippen LogP contribution < -0.4 is 5.73 Å². The van der Waals surface area contributed by atoms with Crippen LogP contribution in [0.15, 0.2) is 24.3 Å². The van der Waals surface area contributed by atoms with Crippen molar-refractivity contribution >= 4 is 24.1 Å². The molecule has 3 N–H and O–H groups in total. The molecule has 0 fully saturated rings. The molecule has 15 heavy (non-hydrogen) atoms. The molecule has 0 spiro atoms. The number of nitrogens with two attached hydrogens (primary N) is 1. The summed E-state index contributed by atoms with van der Waals surface area (Å²) >= 11 is 0. The number of benzene rings is 1. The van der Waals surface area contributed by atoms with Crippen LogP contribution in [0.1, 0.15) is 25.8 Å². The Bertz CT molecular complexity index is 333. The predicted octanol–water partition coefficient (Wildman–Crippen LogP) is 2.44. The van der Waals surface area contributed by atoms with Gasteiger partial charge in [0.15, 0.2) is 0 Å². The number of hydrogen-bond acceptors (Lipinski definition) is 2. The highest BCUT2D eigenvalue weighted by atomic mass is 35.5. The van der Waals surface area contributed by atoms with Gasteiger partial charge in [-0.05, 0) is 17.7 Å². The lowest BCUT2D eigenvalue weighted by atomic mass is 9.81. The van der Waals surface area contributed by atoms with Gasteiger partial charge in [0.05, 0.1) is 6.42 Å². The molecule has 3 nitrogen and oxygen atoms in total. The van der Waals surface area contributed by atoms with Gasteiger partial charge in [-0.1, -0.05) is 26.0 Å². The maximum Gasteiger partial charge on any atom is 0.304 e. The van der Waals surface area contributed by atoms with Gasteiger partial charge < -0.3 is 10.8 Å². The van der Waals surface area contributed by atoms with E-state index in [4.69, 9.17) is 10.8 Å². The van der Waals surface area contributed by atoms with Crippen LogP contribution in [0.25, 0.3) is 0 Å². The number of nitrogen functional groups attached to an aromatic ring is 1. The number of carboxylic acid groups (broad SMARTS) is 1. The Balaban J connectivity index is 0.00000196. The Hall–Kier alpha value is -1.22. The zero-order valence-corrected chi connectivity index (χ0v) is 9.67. The summed E-state index contributed by atoms with van der Waals surface area (Å²) in [4.78, 5) is 10.6. The van der Waals surface area contributed by atoms with E-state index in [0.29, 0.717) is 5.69 Å². The third-order valence-corrected chi connectivity index (χ3v) is 2.29. The standard InChI is InChI=1S/C11H15NO2.ClH/c1-11(2,7-10(13)14)8-3-5-9(12)6-4-8;/h3-6H,7,12H2,1-2H3,(H,13,14);1H. The van der Waals surface area contributed by atoms with Crippen molar-refractivity contribution < 1.29 is 9.90 Å². The fraction of sp³-hybridized carbons (Fsp3) is 0.364. The first-order valence-electron chi connectivity index (χ1n) is 4.49. The summed E-state index contributed by atoms with van der Waals surface area (Å²) in [5.74, 6) is -0.785. The third kappa shape index (κ3) is 3.80. The molecule has 1 rings (SSSR count). The smallest absolute Gasteiger partial charge is 0.304 e. The van der Waals surface area contributed by atoms with Gasteiger partial charge in [0.2, 0.25) is 0 Å². The Labute approximate surface area is 95.7 Å². The highest BCUT2D eigenvalue weighted by Gasteiger charge is 2.23. The highest BCUT2D eigenvalue weighted by molar-refractivity contribution is 5.85. The van der Waals surface area contributed by atoms with Crippen LogP contribution in [0.3, 0.4) is 0 Å². The number of carbonyl (C=O) groups is 1. The van der Waals surface area contributed by atoms with Gasteiger partial charge in [0.1, 0.15) is 0 Å². The van der Waals surface area contributed by atoms with Crippen LogP contribution in [-0.4, -0.2) is 11.1 Å². The SMILES string of the molecule is CC(C)(CC(=O)O)c1ccc(N)cc1.Cl. The molecule has 0 atom stereocenters. The van der Waals surface area contributed by atoms with Crippen molar-refractivity contribution in [3.63, 3.8) is 0 Å². The maximum atomic E-state index is 10.6. The molecule has 1 aromatic rings. The molecular weight excluding hydrogens is 214 g/mol. The van der Waals surface area contributed by atoms with Gasteiger partial charge >= 0.3 is 5.97 Å². The lowest BCUT2D eigenvalue weighted by molar-refractivity contribution is -0.138. The maximum absolute atomic E-state index is 10.6. The summed E-state index contributed by atoms with van der Waals surface area (Å²) in [6.45, 7) is 3.82. The average molecular weight is 230 g/mol. The predicted molar refractivity (Wildman–Crippen MR) is 63.4 cm³/mol. The molecule has 0 heterocycles. The monoisotopic (exact) mass is 229 g/mol. The van der Waals surface area contributed by atoms with Gasteiger partial charge in [0.25, 0.3) is 0 Å².